The van der Waals surface area contributed by atoms with E-state index < -0.39 is 23.7 Å². The van der Waals surface area contributed by atoms with Crippen LogP contribution in [-0.4, -0.2) is 76.0 Å². The Bertz CT molecular complexity index is 1300. The summed E-state index contributed by atoms with van der Waals surface area (Å²) in [5, 5.41) is 16.2. The standard InChI is InChI=1S/C25H25ClF3N5O4/c1-32-22(20(26)15-30-32)19-14-18(31-23(35)16-3-2-4-17(13-16)25(27,28)29)5-6-21(19)38-12-11-33-7-9-34(10-8-33)24(36)37/h2-6,13-15H,7-12H2,1H3,(H,31,35)(H,36,37). The van der Waals surface area contributed by atoms with Crippen molar-refractivity contribution in [3.05, 3.63) is 64.8 Å². The van der Waals surface area contributed by atoms with Crippen molar-refractivity contribution in [3.8, 4) is 17.0 Å². The maximum Gasteiger partial charge on any atom is 0.416 e. The first-order valence-electron chi connectivity index (χ1n) is 11.7. The van der Waals surface area contributed by atoms with Crippen molar-refractivity contribution in [1.29, 1.82) is 0 Å². The minimum Gasteiger partial charge on any atom is -0.492 e. The quantitative estimate of drug-likeness (QED) is 0.442. The number of aromatic nitrogens is 2. The molecule has 0 spiro atoms. The van der Waals surface area contributed by atoms with E-state index in [0.29, 0.717) is 67.0 Å². The summed E-state index contributed by atoms with van der Waals surface area (Å²) in [5.74, 6) is -0.232. The van der Waals surface area contributed by atoms with Crippen LogP contribution < -0.4 is 10.1 Å². The molecule has 0 unspecified atom stereocenters. The highest BCUT2D eigenvalue weighted by Gasteiger charge is 2.31. The van der Waals surface area contributed by atoms with Crippen LogP contribution in [0.5, 0.6) is 5.75 Å². The number of hydrogen-bond donors (Lipinski definition) is 2. The normalized spacial score (nSPS) is 14.4. The highest BCUT2D eigenvalue weighted by Crippen LogP contribution is 2.37. The number of alkyl halides is 3. The molecule has 3 aromatic rings. The molecule has 1 fully saturated rings. The van der Waals surface area contributed by atoms with E-state index in [4.69, 9.17) is 21.4 Å². The lowest BCUT2D eigenvalue weighted by Crippen LogP contribution is -2.49. The summed E-state index contributed by atoms with van der Waals surface area (Å²) in [6, 6.07) is 9.02. The Labute approximate surface area is 221 Å². The second kappa shape index (κ2) is 11.3. The van der Waals surface area contributed by atoms with Crippen molar-refractivity contribution < 1.29 is 32.6 Å². The third-order valence-corrected chi connectivity index (χ3v) is 6.42. The van der Waals surface area contributed by atoms with Gasteiger partial charge in [0.15, 0.2) is 0 Å². The number of carboxylic acid groups (broad SMARTS) is 1. The number of halogens is 4. The fourth-order valence-corrected chi connectivity index (χ4v) is 4.39. The number of carbonyl (C=O) groups excluding carboxylic acids is 1. The molecule has 4 rings (SSSR count). The maximum absolute atomic E-state index is 13.1. The average molecular weight is 552 g/mol. The average Bonchev–Trinajstić information content (AvgIpc) is 3.22. The number of nitrogens with zero attached hydrogens (tertiary/aromatic N) is 4. The number of ether oxygens (including phenoxy) is 1. The van der Waals surface area contributed by atoms with Crippen LogP contribution in [0, 0.1) is 0 Å². The van der Waals surface area contributed by atoms with Crippen LogP contribution in [-0.2, 0) is 13.2 Å². The fourth-order valence-electron chi connectivity index (χ4n) is 4.12. The number of hydrogen-bond acceptors (Lipinski definition) is 5. The second-order valence-electron chi connectivity index (χ2n) is 8.67. The van der Waals surface area contributed by atoms with E-state index in [1.165, 1.54) is 23.2 Å². The van der Waals surface area contributed by atoms with E-state index in [9.17, 15) is 22.8 Å². The minimum absolute atomic E-state index is 0.136. The molecule has 2 N–H and O–H groups in total. The van der Waals surface area contributed by atoms with Crippen molar-refractivity contribution in [2.24, 2.45) is 7.05 Å². The molecule has 2 heterocycles. The maximum atomic E-state index is 13.1. The molecule has 38 heavy (non-hydrogen) atoms. The Morgan fingerprint density at radius 2 is 1.87 bits per heavy atom. The van der Waals surface area contributed by atoms with Crippen LogP contribution in [0.1, 0.15) is 15.9 Å². The van der Waals surface area contributed by atoms with Crippen LogP contribution in [0.4, 0.5) is 23.7 Å². The summed E-state index contributed by atoms with van der Waals surface area (Å²) in [7, 11) is 1.70. The molecular formula is C25H25ClF3N5O4. The van der Waals surface area contributed by atoms with Gasteiger partial charge in [0, 0.05) is 56.6 Å². The lowest BCUT2D eigenvalue weighted by Gasteiger charge is -2.32. The molecule has 0 radical (unpaired) electrons. The van der Waals surface area contributed by atoms with Gasteiger partial charge in [-0.3, -0.25) is 14.4 Å². The summed E-state index contributed by atoms with van der Waals surface area (Å²) in [6.45, 7) is 2.91. The van der Waals surface area contributed by atoms with E-state index in [0.717, 1.165) is 12.1 Å². The number of carbonyl (C=O) groups is 2. The van der Waals surface area contributed by atoms with E-state index in [1.807, 2.05) is 0 Å². The number of amides is 2. The van der Waals surface area contributed by atoms with Gasteiger partial charge in [0.2, 0.25) is 0 Å². The molecule has 2 aromatic carbocycles. The molecule has 2 amide bonds. The lowest BCUT2D eigenvalue weighted by molar-refractivity contribution is -0.137. The minimum atomic E-state index is -4.57. The smallest absolute Gasteiger partial charge is 0.416 e. The first-order chi connectivity index (χ1) is 18.0. The van der Waals surface area contributed by atoms with Crippen LogP contribution in [0.15, 0.2) is 48.7 Å². The monoisotopic (exact) mass is 551 g/mol. The molecule has 0 atom stereocenters. The fraction of sp³-hybridized carbons (Fsp3) is 0.320. The molecule has 1 aliphatic rings. The second-order valence-corrected chi connectivity index (χ2v) is 9.08. The van der Waals surface area contributed by atoms with Gasteiger partial charge in [-0.2, -0.15) is 18.3 Å². The highest BCUT2D eigenvalue weighted by molar-refractivity contribution is 6.33. The van der Waals surface area contributed by atoms with Crippen molar-refractivity contribution in [3.63, 3.8) is 0 Å². The number of piperazine rings is 1. The topological polar surface area (TPSA) is 99.9 Å². The van der Waals surface area contributed by atoms with Gasteiger partial charge in [-0.05, 0) is 36.4 Å². The zero-order chi connectivity index (χ0) is 27.4. The lowest BCUT2D eigenvalue weighted by atomic mass is 10.1. The third-order valence-electron chi connectivity index (χ3n) is 6.15. The first-order valence-corrected chi connectivity index (χ1v) is 12.0. The van der Waals surface area contributed by atoms with Gasteiger partial charge in [0.05, 0.1) is 22.5 Å². The molecular weight excluding hydrogens is 527 g/mol. The molecule has 1 saturated heterocycles. The number of benzene rings is 2. The van der Waals surface area contributed by atoms with Crippen LogP contribution in [0.3, 0.4) is 0 Å². The van der Waals surface area contributed by atoms with Crippen molar-refractivity contribution in [1.82, 2.24) is 19.6 Å². The Morgan fingerprint density at radius 3 is 2.50 bits per heavy atom. The number of rotatable bonds is 7. The Hall–Kier alpha value is -3.77. The molecule has 9 nitrogen and oxygen atoms in total. The van der Waals surface area contributed by atoms with Gasteiger partial charge in [-0.1, -0.05) is 17.7 Å². The Kier molecular flexibility index (Phi) is 8.12. The van der Waals surface area contributed by atoms with Crippen LogP contribution in [0.25, 0.3) is 11.3 Å². The predicted octanol–water partition coefficient (Wildman–Crippen LogP) is 4.69. The largest absolute Gasteiger partial charge is 0.492 e. The van der Waals surface area contributed by atoms with Gasteiger partial charge in [0.25, 0.3) is 5.91 Å². The van der Waals surface area contributed by atoms with E-state index in [-0.39, 0.29) is 5.56 Å². The summed E-state index contributed by atoms with van der Waals surface area (Å²) < 4.78 is 46.8. The molecule has 202 valence electrons. The molecule has 1 aromatic heterocycles. The summed E-state index contributed by atoms with van der Waals surface area (Å²) in [5.41, 5.74) is 0.347. The number of anilines is 1. The number of aryl methyl sites for hydroxylation is 1. The Morgan fingerprint density at radius 1 is 1.13 bits per heavy atom. The molecule has 0 saturated carbocycles. The summed E-state index contributed by atoms with van der Waals surface area (Å²) in [6.07, 6.45) is -4.03. The third kappa shape index (κ3) is 6.37. The van der Waals surface area contributed by atoms with E-state index >= 15 is 0 Å². The zero-order valence-corrected chi connectivity index (χ0v) is 21.1. The van der Waals surface area contributed by atoms with Gasteiger partial charge in [0.1, 0.15) is 12.4 Å². The van der Waals surface area contributed by atoms with Crippen molar-refractivity contribution >= 4 is 29.3 Å². The molecule has 0 bridgehead atoms. The van der Waals surface area contributed by atoms with Gasteiger partial charge in [-0.15, -0.1) is 0 Å². The highest BCUT2D eigenvalue weighted by atomic mass is 35.5. The van der Waals surface area contributed by atoms with Gasteiger partial charge in [-0.25, -0.2) is 4.79 Å². The first kappa shape index (κ1) is 27.3. The van der Waals surface area contributed by atoms with E-state index in [1.54, 1.807) is 29.9 Å². The van der Waals surface area contributed by atoms with Gasteiger partial charge >= 0.3 is 12.3 Å². The van der Waals surface area contributed by atoms with Crippen LogP contribution >= 0.6 is 11.6 Å². The summed E-state index contributed by atoms with van der Waals surface area (Å²) in [4.78, 5) is 27.3. The molecule has 13 heteroatoms. The zero-order valence-electron chi connectivity index (χ0n) is 20.3. The van der Waals surface area contributed by atoms with Gasteiger partial charge < -0.3 is 20.1 Å². The van der Waals surface area contributed by atoms with Crippen molar-refractivity contribution in [2.75, 3.05) is 44.6 Å². The predicted molar refractivity (Wildman–Crippen MR) is 135 cm³/mol. The SMILES string of the molecule is Cn1ncc(Cl)c1-c1cc(NC(=O)c2cccc(C(F)(F)F)c2)ccc1OCCN1CCN(C(=O)O)CC1. The Balaban J connectivity index is 1.50. The summed E-state index contributed by atoms with van der Waals surface area (Å²) >= 11 is 6.37. The van der Waals surface area contributed by atoms with Crippen molar-refractivity contribution in [2.45, 2.75) is 6.18 Å². The van der Waals surface area contributed by atoms with E-state index in [2.05, 4.69) is 15.3 Å². The molecule has 1 aliphatic heterocycles. The number of nitrogens with one attached hydrogen (secondary N) is 1. The molecule has 0 aliphatic carbocycles. The van der Waals surface area contributed by atoms with Crippen LogP contribution in [0.2, 0.25) is 5.02 Å².